The van der Waals surface area contributed by atoms with Gasteiger partial charge in [-0.05, 0) is 23.8 Å². The zero-order chi connectivity index (χ0) is 13.7. The van der Waals surface area contributed by atoms with Crippen LogP contribution in [-0.2, 0) is 12.5 Å². The molecule has 0 spiro atoms. The summed E-state index contributed by atoms with van der Waals surface area (Å²) in [7, 11) is 0. The average molecular weight is 277 g/mol. The van der Waals surface area contributed by atoms with Gasteiger partial charge in [-0.1, -0.05) is 6.07 Å². The van der Waals surface area contributed by atoms with Gasteiger partial charge in [-0.25, -0.2) is 9.37 Å². The van der Waals surface area contributed by atoms with Crippen molar-refractivity contribution in [1.29, 1.82) is 5.26 Å². The largest absolute Gasteiger partial charge is 0.489 e. The Labute approximate surface area is 115 Å². The van der Waals surface area contributed by atoms with Gasteiger partial charge in [-0.2, -0.15) is 5.26 Å². The fourth-order valence-corrected chi connectivity index (χ4v) is 1.75. The molecule has 0 saturated carbocycles. The molecule has 1 aromatic heterocycles. The van der Waals surface area contributed by atoms with E-state index in [1.54, 1.807) is 18.2 Å². The fourth-order valence-electron chi connectivity index (χ4n) is 1.60. The number of alkyl halides is 1. The van der Waals surface area contributed by atoms with E-state index in [0.29, 0.717) is 22.6 Å². The molecular formula is C14H10ClFN2O. The molecule has 0 N–H and O–H groups in total. The Balaban J connectivity index is 2.15. The Hall–Kier alpha value is -2.12. The van der Waals surface area contributed by atoms with Gasteiger partial charge >= 0.3 is 0 Å². The summed E-state index contributed by atoms with van der Waals surface area (Å²) in [5.74, 6) is 0.188. The highest BCUT2D eigenvalue weighted by molar-refractivity contribution is 6.17. The van der Waals surface area contributed by atoms with Crippen LogP contribution < -0.4 is 4.74 Å². The van der Waals surface area contributed by atoms with Crippen LogP contribution in [0.15, 0.2) is 36.5 Å². The van der Waals surface area contributed by atoms with Crippen LogP contribution in [0, 0.1) is 17.1 Å². The maximum absolute atomic E-state index is 13.3. The second-order valence-electron chi connectivity index (χ2n) is 3.84. The SMILES string of the molecule is N#Cc1ncccc1COc1cc(F)cc(CCl)c1. The number of hydrogen-bond acceptors (Lipinski definition) is 3. The van der Waals surface area contributed by atoms with E-state index in [4.69, 9.17) is 21.6 Å². The summed E-state index contributed by atoms with van der Waals surface area (Å²) >= 11 is 5.66. The van der Waals surface area contributed by atoms with Gasteiger partial charge in [0.25, 0.3) is 0 Å². The van der Waals surface area contributed by atoms with Crippen molar-refractivity contribution < 1.29 is 9.13 Å². The van der Waals surface area contributed by atoms with Crippen molar-refractivity contribution in [2.45, 2.75) is 12.5 Å². The summed E-state index contributed by atoms with van der Waals surface area (Å²) in [6.45, 7) is 0.155. The molecule has 0 aliphatic rings. The predicted molar refractivity (Wildman–Crippen MR) is 69.2 cm³/mol. The van der Waals surface area contributed by atoms with Gasteiger partial charge in [0.05, 0.1) is 0 Å². The highest BCUT2D eigenvalue weighted by Crippen LogP contribution is 2.19. The van der Waals surface area contributed by atoms with E-state index in [0.717, 1.165) is 0 Å². The molecule has 2 rings (SSSR count). The first-order valence-corrected chi connectivity index (χ1v) is 6.08. The van der Waals surface area contributed by atoms with Gasteiger partial charge in [0.15, 0.2) is 0 Å². The van der Waals surface area contributed by atoms with Crippen LogP contribution in [0.1, 0.15) is 16.8 Å². The van der Waals surface area contributed by atoms with E-state index in [1.165, 1.54) is 18.3 Å². The summed E-state index contributed by atoms with van der Waals surface area (Å²) in [5.41, 5.74) is 1.60. The summed E-state index contributed by atoms with van der Waals surface area (Å²) in [6, 6.07) is 9.73. The van der Waals surface area contributed by atoms with E-state index in [9.17, 15) is 4.39 Å². The molecule has 0 bridgehead atoms. The number of benzene rings is 1. The topological polar surface area (TPSA) is 45.9 Å². The van der Waals surface area contributed by atoms with Crippen molar-refractivity contribution in [3.05, 3.63) is 59.2 Å². The van der Waals surface area contributed by atoms with Crippen LogP contribution in [0.4, 0.5) is 4.39 Å². The molecule has 0 radical (unpaired) electrons. The summed E-state index contributed by atoms with van der Waals surface area (Å²) < 4.78 is 18.8. The predicted octanol–water partition coefficient (Wildman–Crippen LogP) is 3.41. The second kappa shape index (κ2) is 6.17. The van der Waals surface area contributed by atoms with Crippen molar-refractivity contribution in [2.24, 2.45) is 0 Å². The molecule has 1 aromatic carbocycles. The standard InChI is InChI=1S/C14H10ClFN2O/c15-7-10-4-12(16)6-13(5-10)19-9-11-2-1-3-18-14(11)8-17/h1-6H,7,9H2. The number of rotatable bonds is 4. The Bertz CT molecular complexity index is 625. The van der Waals surface area contributed by atoms with Gasteiger partial charge in [0.1, 0.15) is 29.9 Å². The van der Waals surface area contributed by atoms with Gasteiger partial charge < -0.3 is 4.74 Å². The molecule has 3 nitrogen and oxygen atoms in total. The Kier molecular flexibility index (Phi) is 4.32. The number of hydrogen-bond donors (Lipinski definition) is 0. The maximum Gasteiger partial charge on any atom is 0.147 e. The third-order valence-corrected chi connectivity index (χ3v) is 2.79. The molecule has 96 valence electrons. The lowest BCUT2D eigenvalue weighted by atomic mass is 10.2. The van der Waals surface area contributed by atoms with Crippen molar-refractivity contribution in [1.82, 2.24) is 4.98 Å². The molecule has 0 unspecified atom stereocenters. The summed E-state index contributed by atoms with van der Waals surface area (Å²) in [4.78, 5) is 3.92. The van der Waals surface area contributed by atoms with E-state index in [2.05, 4.69) is 4.98 Å². The van der Waals surface area contributed by atoms with Crippen LogP contribution >= 0.6 is 11.6 Å². The van der Waals surface area contributed by atoms with E-state index in [-0.39, 0.29) is 12.5 Å². The smallest absolute Gasteiger partial charge is 0.147 e. The van der Waals surface area contributed by atoms with Crippen LogP contribution in [0.3, 0.4) is 0 Å². The molecule has 0 fully saturated rings. The Morgan fingerprint density at radius 1 is 1.37 bits per heavy atom. The molecular weight excluding hydrogens is 267 g/mol. The highest BCUT2D eigenvalue weighted by Gasteiger charge is 2.05. The van der Waals surface area contributed by atoms with Gasteiger partial charge in [-0.15, -0.1) is 11.6 Å². The molecule has 0 atom stereocenters. The normalized spacial score (nSPS) is 9.95. The number of halogens is 2. The molecule has 0 amide bonds. The third-order valence-electron chi connectivity index (χ3n) is 2.48. The van der Waals surface area contributed by atoms with Crippen LogP contribution in [0.5, 0.6) is 5.75 Å². The second-order valence-corrected chi connectivity index (χ2v) is 4.11. The van der Waals surface area contributed by atoms with Crippen molar-refractivity contribution in [3.63, 3.8) is 0 Å². The van der Waals surface area contributed by atoms with Crippen LogP contribution in [0.2, 0.25) is 0 Å². The van der Waals surface area contributed by atoms with E-state index >= 15 is 0 Å². The molecule has 2 aromatic rings. The lowest BCUT2D eigenvalue weighted by Crippen LogP contribution is -2.00. The molecule has 5 heteroatoms. The van der Waals surface area contributed by atoms with Gasteiger partial charge in [0.2, 0.25) is 0 Å². The number of ether oxygens (including phenoxy) is 1. The number of nitrogens with zero attached hydrogens (tertiary/aromatic N) is 2. The van der Waals surface area contributed by atoms with Crippen LogP contribution in [-0.4, -0.2) is 4.98 Å². The van der Waals surface area contributed by atoms with E-state index < -0.39 is 5.82 Å². The van der Waals surface area contributed by atoms with Gasteiger partial charge in [0, 0.05) is 23.7 Å². The maximum atomic E-state index is 13.3. The first kappa shape index (κ1) is 13.3. The van der Waals surface area contributed by atoms with E-state index in [1.807, 2.05) is 6.07 Å². The minimum atomic E-state index is -0.403. The van der Waals surface area contributed by atoms with Crippen molar-refractivity contribution >= 4 is 11.6 Å². The minimum Gasteiger partial charge on any atom is -0.489 e. The molecule has 0 aliphatic heterocycles. The first-order chi connectivity index (χ1) is 9.22. The molecule has 1 heterocycles. The van der Waals surface area contributed by atoms with Crippen molar-refractivity contribution in [3.8, 4) is 11.8 Å². The fraction of sp³-hybridized carbons (Fsp3) is 0.143. The molecule has 0 aliphatic carbocycles. The minimum absolute atomic E-state index is 0.155. The lowest BCUT2D eigenvalue weighted by molar-refractivity contribution is 0.303. The molecule has 19 heavy (non-hydrogen) atoms. The monoisotopic (exact) mass is 276 g/mol. The summed E-state index contributed by atoms with van der Waals surface area (Å²) in [6.07, 6.45) is 1.54. The number of aromatic nitrogens is 1. The average Bonchev–Trinajstić information content (AvgIpc) is 2.44. The zero-order valence-electron chi connectivity index (χ0n) is 9.94. The van der Waals surface area contributed by atoms with Crippen molar-refractivity contribution in [2.75, 3.05) is 0 Å². The zero-order valence-corrected chi connectivity index (χ0v) is 10.7. The number of pyridine rings is 1. The Morgan fingerprint density at radius 3 is 2.95 bits per heavy atom. The summed E-state index contributed by atoms with van der Waals surface area (Å²) in [5, 5.41) is 8.90. The lowest BCUT2D eigenvalue weighted by Gasteiger charge is -2.08. The van der Waals surface area contributed by atoms with Crippen LogP contribution in [0.25, 0.3) is 0 Å². The third kappa shape index (κ3) is 3.43. The molecule has 0 saturated heterocycles. The quantitative estimate of drug-likeness (QED) is 0.804. The highest BCUT2D eigenvalue weighted by atomic mass is 35.5. The number of nitriles is 1. The first-order valence-electron chi connectivity index (χ1n) is 5.55. The Morgan fingerprint density at radius 2 is 2.21 bits per heavy atom. The van der Waals surface area contributed by atoms with Gasteiger partial charge in [-0.3, -0.25) is 0 Å².